The van der Waals surface area contributed by atoms with Crippen LogP contribution in [0.25, 0.3) is 0 Å². The van der Waals surface area contributed by atoms with Crippen LogP contribution in [0.4, 0.5) is 0 Å². The summed E-state index contributed by atoms with van der Waals surface area (Å²) in [5, 5.41) is 7.59. The van der Waals surface area contributed by atoms with Gasteiger partial charge in [0.1, 0.15) is 0 Å². The van der Waals surface area contributed by atoms with Crippen molar-refractivity contribution in [2.75, 3.05) is 0 Å². The van der Waals surface area contributed by atoms with Gasteiger partial charge in [0, 0.05) is 24.9 Å². The third kappa shape index (κ3) is 5.82. The van der Waals surface area contributed by atoms with Gasteiger partial charge in [-0.25, -0.2) is 0 Å². The van der Waals surface area contributed by atoms with E-state index in [9.17, 15) is 0 Å². The summed E-state index contributed by atoms with van der Waals surface area (Å²) in [5.74, 6) is 2.09. The number of hydrogen-bond donors (Lipinski definition) is 1. The average molecular weight is 239 g/mol. The summed E-state index contributed by atoms with van der Waals surface area (Å²) >= 11 is 0. The first-order valence-corrected chi connectivity index (χ1v) is 6.33. The molecule has 0 amide bonds. The highest BCUT2D eigenvalue weighted by molar-refractivity contribution is 4.91. The van der Waals surface area contributed by atoms with Gasteiger partial charge in [0.2, 0.25) is 5.89 Å². The summed E-state index contributed by atoms with van der Waals surface area (Å²) in [6.07, 6.45) is 1.94. The Hall–Kier alpha value is -0.900. The Morgan fingerprint density at radius 1 is 1.29 bits per heavy atom. The molecule has 0 spiro atoms. The number of nitrogens with zero attached hydrogens (tertiary/aromatic N) is 2. The molecule has 98 valence electrons. The van der Waals surface area contributed by atoms with E-state index in [2.05, 4.69) is 50.1 Å². The van der Waals surface area contributed by atoms with E-state index in [0.29, 0.717) is 17.9 Å². The lowest BCUT2D eigenvalue weighted by molar-refractivity contribution is 0.312. The van der Waals surface area contributed by atoms with Crippen molar-refractivity contribution in [1.29, 1.82) is 0 Å². The number of aryl methyl sites for hydroxylation is 1. The standard InChI is InChI=1S/C13H25N3O/c1-9(2)7-11(15-13(4,5)6)8-12-14-10(3)17-16-12/h9,11,15H,7-8H2,1-6H3. The molecule has 1 unspecified atom stereocenters. The van der Waals surface area contributed by atoms with E-state index in [1.165, 1.54) is 0 Å². The number of rotatable bonds is 5. The summed E-state index contributed by atoms with van der Waals surface area (Å²) < 4.78 is 5.01. The van der Waals surface area contributed by atoms with Crippen LogP contribution in [0.1, 0.15) is 52.8 Å². The molecule has 1 atom stereocenters. The van der Waals surface area contributed by atoms with Crippen LogP contribution in [-0.4, -0.2) is 21.7 Å². The minimum atomic E-state index is 0.109. The molecule has 17 heavy (non-hydrogen) atoms. The van der Waals surface area contributed by atoms with Gasteiger partial charge in [-0.3, -0.25) is 0 Å². The van der Waals surface area contributed by atoms with E-state index in [1.807, 2.05) is 6.92 Å². The van der Waals surface area contributed by atoms with E-state index in [0.717, 1.165) is 18.7 Å². The third-order valence-corrected chi connectivity index (χ3v) is 2.39. The molecule has 1 heterocycles. The lowest BCUT2D eigenvalue weighted by Crippen LogP contribution is -2.45. The van der Waals surface area contributed by atoms with Crippen molar-refractivity contribution in [3.05, 3.63) is 11.7 Å². The molecule has 0 aliphatic carbocycles. The Morgan fingerprint density at radius 2 is 1.94 bits per heavy atom. The predicted octanol–water partition coefficient (Wildman–Crippen LogP) is 2.72. The van der Waals surface area contributed by atoms with Gasteiger partial charge in [-0.15, -0.1) is 0 Å². The molecule has 1 aromatic heterocycles. The fraction of sp³-hybridized carbons (Fsp3) is 0.846. The van der Waals surface area contributed by atoms with E-state index >= 15 is 0 Å². The van der Waals surface area contributed by atoms with Crippen LogP contribution in [-0.2, 0) is 6.42 Å². The Kier molecular flexibility index (Phi) is 4.69. The molecule has 0 aliphatic heterocycles. The molecule has 0 aliphatic rings. The summed E-state index contributed by atoms with van der Waals surface area (Å²) in [4.78, 5) is 4.27. The number of nitrogens with one attached hydrogen (secondary N) is 1. The zero-order valence-corrected chi connectivity index (χ0v) is 11.9. The minimum Gasteiger partial charge on any atom is -0.340 e. The first kappa shape index (κ1) is 14.2. The lowest BCUT2D eigenvalue weighted by atomic mass is 9.97. The van der Waals surface area contributed by atoms with Gasteiger partial charge in [0.25, 0.3) is 0 Å². The summed E-state index contributed by atoms with van der Waals surface area (Å²) in [5.41, 5.74) is 0.109. The first-order valence-electron chi connectivity index (χ1n) is 6.33. The van der Waals surface area contributed by atoms with Crippen LogP contribution in [0.5, 0.6) is 0 Å². The maximum atomic E-state index is 5.01. The van der Waals surface area contributed by atoms with Crippen LogP contribution in [0.3, 0.4) is 0 Å². The van der Waals surface area contributed by atoms with Crippen molar-refractivity contribution in [1.82, 2.24) is 15.5 Å². The highest BCUT2D eigenvalue weighted by Crippen LogP contribution is 2.13. The maximum absolute atomic E-state index is 5.01. The lowest BCUT2D eigenvalue weighted by Gasteiger charge is -2.29. The Balaban J connectivity index is 2.63. The number of aromatic nitrogens is 2. The van der Waals surface area contributed by atoms with Gasteiger partial charge in [0.15, 0.2) is 5.82 Å². The fourth-order valence-corrected chi connectivity index (χ4v) is 2.02. The molecule has 4 heteroatoms. The van der Waals surface area contributed by atoms with Crippen molar-refractivity contribution in [2.24, 2.45) is 5.92 Å². The smallest absolute Gasteiger partial charge is 0.223 e. The van der Waals surface area contributed by atoms with E-state index in [-0.39, 0.29) is 5.54 Å². The molecule has 0 saturated carbocycles. The van der Waals surface area contributed by atoms with Gasteiger partial charge in [-0.05, 0) is 33.1 Å². The molecular formula is C13H25N3O. The second-order valence-electron chi connectivity index (χ2n) is 6.15. The van der Waals surface area contributed by atoms with Gasteiger partial charge < -0.3 is 9.84 Å². The molecule has 1 rings (SSSR count). The molecule has 4 nitrogen and oxygen atoms in total. The predicted molar refractivity (Wildman–Crippen MR) is 68.9 cm³/mol. The minimum absolute atomic E-state index is 0.109. The molecule has 0 radical (unpaired) electrons. The van der Waals surface area contributed by atoms with Crippen LogP contribution in [0, 0.1) is 12.8 Å². The molecular weight excluding hydrogens is 214 g/mol. The molecule has 0 saturated heterocycles. The molecule has 1 aromatic rings. The highest BCUT2D eigenvalue weighted by atomic mass is 16.5. The molecule has 1 N–H and O–H groups in total. The van der Waals surface area contributed by atoms with Crippen molar-refractivity contribution in [3.8, 4) is 0 Å². The second-order valence-corrected chi connectivity index (χ2v) is 6.15. The Bertz CT molecular complexity index is 339. The second kappa shape index (κ2) is 5.63. The fourth-order valence-electron chi connectivity index (χ4n) is 2.02. The van der Waals surface area contributed by atoms with Crippen molar-refractivity contribution in [3.63, 3.8) is 0 Å². The zero-order valence-electron chi connectivity index (χ0n) is 11.9. The van der Waals surface area contributed by atoms with Crippen LogP contribution in [0.15, 0.2) is 4.52 Å². The van der Waals surface area contributed by atoms with Gasteiger partial charge in [-0.1, -0.05) is 19.0 Å². The summed E-state index contributed by atoms with van der Waals surface area (Å²) in [6, 6.07) is 0.395. The highest BCUT2D eigenvalue weighted by Gasteiger charge is 2.20. The van der Waals surface area contributed by atoms with Gasteiger partial charge in [-0.2, -0.15) is 4.98 Å². The summed E-state index contributed by atoms with van der Waals surface area (Å²) in [7, 11) is 0. The average Bonchev–Trinajstić information content (AvgIpc) is 2.46. The van der Waals surface area contributed by atoms with Crippen molar-refractivity contribution < 1.29 is 4.52 Å². The van der Waals surface area contributed by atoms with Crippen LogP contribution >= 0.6 is 0 Å². The van der Waals surface area contributed by atoms with Gasteiger partial charge >= 0.3 is 0 Å². The summed E-state index contributed by atoms with van der Waals surface area (Å²) in [6.45, 7) is 12.8. The third-order valence-electron chi connectivity index (χ3n) is 2.39. The topological polar surface area (TPSA) is 51.0 Å². The first-order chi connectivity index (χ1) is 7.76. The van der Waals surface area contributed by atoms with E-state index < -0.39 is 0 Å². The van der Waals surface area contributed by atoms with Crippen LogP contribution < -0.4 is 5.32 Å². The van der Waals surface area contributed by atoms with Crippen molar-refractivity contribution in [2.45, 2.75) is 66.0 Å². The molecule has 0 bridgehead atoms. The monoisotopic (exact) mass is 239 g/mol. The van der Waals surface area contributed by atoms with E-state index in [4.69, 9.17) is 4.52 Å². The maximum Gasteiger partial charge on any atom is 0.223 e. The quantitative estimate of drug-likeness (QED) is 0.858. The van der Waals surface area contributed by atoms with Crippen molar-refractivity contribution >= 4 is 0 Å². The van der Waals surface area contributed by atoms with Gasteiger partial charge in [0.05, 0.1) is 0 Å². The SMILES string of the molecule is Cc1nc(CC(CC(C)C)NC(C)(C)C)no1. The molecule has 0 fully saturated rings. The van der Waals surface area contributed by atoms with E-state index in [1.54, 1.807) is 0 Å². The normalized spacial score (nSPS) is 14.3. The zero-order chi connectivity index (χ0) is 13.1. The Labute approximate surface area is 104 Å². The largest absolute Gasteiger partial charge is 0.340 e. The Morgan fingerprint density at radius 3 is 2.35 bits per heavy atom. The van der Waals surface area contributed by atoms with Crippen LogP contribution in [0.2, 0.25) is 0 Å². The number of hydrogen-bond acceptors (Lipinski definition) is 4. The molecule has 0 aromatic carbocycles.